The van der Waals surface area contributed by atoms with Crippen LogP contribution in [-0.2, 0) is 4.74 Å². The van der Waals surface area contributed by atoms with Crippen molar-refractivity contribution in [3.63, 3.8) is 0 Å². The Kier molecular flexibility index (Phi) is 2.92. The molecule has 2 heterocycles. The zero-order valence-electron chi connectivity index (χ0n) is 10.9. The van der Waals surface area contributed by atoms with Crippen LogP contribution in [0.15, 0.2) is 24.3 Å². The Hall–Kier alpha value is -1.26. The molecule has 2 N–H and O–H groups in total. The highest BCUT2D eigenvalue weighted by molar-refractivity contribution is 5.74. The van der Waals surface area contributed by atoms with E-state index in [-0.39, 0.29) is 5.54 Å². The molecule has 4 nitrogen and oxygen atoms in total. The van der Waals surface area contributed by atoms with Gasteiger partial charge in [-0.2, -0.15) is 0 Å². The smallest absolute Gasteiger partial charge is 0.0780 e. The quantitative estimate of drug-likeness (QED) is 0.848. The molecule has 18 heavy (non-hydrogen) atoms. The van der Waals surface area contributed by atoms with Gasteiger partial charge in [-0.1, -0.05) is 12.1 Å². The minimum Gasteiger partial charge on any atom is -0.379 e. The van der Waals surface area contributed by atoms with E-state index in [1.807, 2.05) is 0 Å². The monoisotopic (exact) mass is 247 g/mol. The second kappa shape index (κ2) is 4.44. The third kappa shape index (κ3) is 1.68. The maximum absolute atomic E-state index is 6.06. The van der Waals surface area contributed by atoms with Gasteiger partial charge in [0.2, 0.25) is 0 Å². The molecule has 0 bridgehead atoms. The molecule has 0 saturated carbocycles. The van der Waals surface area contributed by atoms with E-state index in [1.54, 1.807) is 0 Å². The van der Waals surface area contributed by atoms with Crippen LogP contribution in [0.1, 0.15) is 6.42 Å². The van der Waals surface area contributed by atoms with Crippen LogP contribution < -0.4 is 15.5 Å². The third-order valence-corrected chi connectivity index (χ3v) is 4.28. The molecule has 1 aromatic rings. The van der Waals surface area contributed by atoms with Crippen molar-refractivity contribution >= 4 is 11.4 Å². The molecule has 1 fully saturated rings. The lowest BCUT2D eigenvalue weighted by molar-refractivity contribution is 0.176. The Morgan fingerprint density at radius 3 is 2.72 bits per heavy atom. The molecule has 98 valence electrons. The molecule has 1 saturated heterocycles. The number of ether oxygens (including phenoxy) is 1. The number of hydrogen-bond donors (Lipinski definition) is 1. The Labute approximate surface area is 108 Å². The summed E-state index contributed by atoms with van der Waals surface area (Å²) in [6, 6.07) is 8.58. The van der Waals surface area contributed by atoms with Crippen LogP contribution in [0.5, 0.6) is 0 Å². The Bertz CT molecular complexity index is 429. The maximum atomic E-state index is 6.06. The third-order valence-electron chi connectivity index (χ3n) is 4.28. The topological polar surface area (TPSA) is 41.7 Å². The van der Waals surface area contributed by atoms with Crippen molar-refractivity contribution in [1.29, 1.82) is 0 Å². The van der Waals surface area contributed by atoms with Gasteiger partial charge in [0.15, 0.2) is 0 Å². The molecular weight excluding hydrogens is 226 g/mol. The van der Waals surface area contributed by atoms with Gasteiger partial charge in [-0.3, -0.25) is 0 Å². The van der Waals surface area contributed by atoms with Gasteiger partial charge in [-0.05, 0) is 18.6 Å². The van der Waals surface area contributed by atoms with Crippen LogP contribution in [0, 0.1) is 0 Å². The van der Waals surface area contributed by atoms with E-state index >= 15 is 0 Å². The van der Waals surface area contributed by atoms with Crippen LogP contribution in [0.4, 0.5) is 11.4 Å². The first kappa shape index (κ1) is 11.8. The molecule has 3 rings (SSSR count). The van der Waals surface area contributed by atoms with E-state index in [0.717, 1.165) is 32.7 Å². The predicted octanol–water partition coefficient (Wildman–Crippen LogP) is 1.06. The Morgan fingerprint density at radius 2 is 2.06 bits per heavy atom. The molecule has 2 aliphatic rings. The van der Waals surface area contributed by atoms with E-state index in [0.29, 0.717) is 6.54 Å². The molecule has 0 aliphatic carbocycles. The second-order valence-corrected chi connectivity index (χ2v) is 5.29. The van der Waals surface area contributed by atoms with Gasteiger partial charge >= 0.3 is 0 Å². The fraction of sp³-hybridized carbons (Fsp3) is 0.571. The molecule has 2 aliphatic heterocycles. The summed E-state index contributed by atoms with van der Waals surface area (Å²) in [5.41, 5.74) is 8.64. The highest BCUT2D eigenvalue weighted by Crippen LogP contribution is 2.38. The van der Waals surface area contributed by atoms with Crippen LogP contribution in [0.25, 0.3) is 0 Å². The number of benzene rings is 1. The van der Waals surface area contributed by atoms with Crippen LogP contribution in [-0.4, -0.2) is 45.4 Å². The first-order valence-electron chi connectivity index (χ1n) is 6.62. The molecule has 0 radical (unpaired) electrons. The number of anilines is 2. The van der Waals surface area contributed by atoms with Gasteiger partial charge in [-0.15, -0.1) is 0 Å². The summed E-state index contributed by atoms with van der Waals surface area (Å²) in [5, 5.41) is 0. The summed E-state index contributed by atoms with van der Waals surface area (Å²) in [7, 11) is 2.15. The molecule has 4 heteroatoms. The summed E-state index contributed by atoms with van der Waals surface area (Å²) >= 11 is 0. The van der Waals surface area contributed by atoms with E-state index in [9.17, 15) is 0 Å². The lowest BCUT2D eigenvalue weighted by atomic mass is 9.94. The van der Waals surface area contributed by atoms with Crippen molar-refractivity contribution in [2.45, 2.75) is 12.0 Å². The van der Waals surface area contributed by atoms with Gasteiger partial charge in [0.1, 0.15) is 0 Å². The largest absolute Gasteiger partial charge is 0.379 e. The lowest BCUT2D eigenvalue weighted by Crippen LogP contribution is -2.58. The zero-order chi connectivity index (χ0) is 12.6. The van der Waals surface area contributed by atoms with E-state index in [2.05, 4.69) is 41.1 Å². The number of hydrogen-bond acceptors (Lipinski definition) is 4. The molecule has 1 unspecified atom stereocenters. The summed E-state index contributed by atoms with van der Waals surface area (Å²) in [6.45, 7) is 4.30. The molecule has 1 aromatic carbocycles. The summed E-state index contributed by atoms with van der Waals surface area (Å²) in [5.74, 6) is 0. The normalized spacial score (nSPS) is 27.4. The van der Waals surface area contributed by atoms with Gasteiger partial charge in [0.05, 0.1) is 23.5 Å². The van der Waals surface area contributed by atoms with Crippen molar-refractivity contribution in [2.24, 2.45) is 5.73 Å². The number of para-hydroxylation sites is 2. The fourth-order valence-electron chi connectivity index (χ4n) is 3.08. The molecule has 0 spiro atoms. The number of fused-ring (bicyclic) bond motifs is 1. The van der Waals surface area contributed by atoms with Gasteiger partial charge in [-0.25, -0.2) is 0 Å². The van der Waals surface area contributed by atoms with E-state index < -0.39 is 0 Å². The first-order chi connectivity index (χ1) is 8.77. The summed E-state index contributed by atoms with van der Waals surface area (Å²) < 4.78 is 5.61. The Morgan fingerprint density at radius 1 is 1.28 bits per heavy atom. The van der Waals surface area contributed by atoms with Crippen LogP contribution in [0.3, 0.4) is 0 Å². The van der Waals surface area contributed by atoms with Crippen molar-refractivity contribution in [3.8, 4) is 0 Å². The number of nitrogens with zero attached hydrogens (tertiary/aromatic N) is 2. The second-order valence-electron chi connectivity index (χ2n) is 5.29. The SMILES string of the molecule is CN1CCN(C2(CN)CCOC2)c2ccccc21. The number of rotatable bonds is 2. The van der Waals surface area contributed by atoms with Crippen molar-refractivity contribution < 1.29 is 4.74 Å². The van der Waals surface area contributed by atoms with Gasteiger partial charge in [0, 0.05) is 33.3 Å². The minimum atomic E-state index is -0.00262. The predicted molar refractivity (Wildman–Crippen MR) is 74.3 cm³/mol. The minimum absolute atomic E-state index is 0.00262. The molecular formula is C14H21N3O. The van der Waals surface area contributed by atoms with Gasteiger partial charge in [0.25, 0.3) is 0 Å². The summed E-state index contributed by atoms with van der Waals surface area (Å²) in [6.07, 6.45) is 1.03. The standard InChI is InChI=1S/C14H21N3O/c1-16-7-8-17(13-5-3-2-4-12(13)16)14(10-15)6-9-18-11-14/h2-5H,6-11,15H2,1H3. The summed E-state index contributed by atoms with van der Waals surface area (Å²) in [4.78, 5) is 4.78. The Balaban J connectivity index is 2.01. The highest BCUT2D eigenvalue weighted by atomic mass is 16.5. The fourth-order valence-corrected chi connectivity index (χ4v) is 3.08. The maximum Gasteiger partial charge on any atom is 0.0780 e. The van der Waals surface area contributed by atoms with Crippen molar-refractivity contribution in [3.05, 3.63) is 24.3 Å². The van der Waals surface area contributed by atoms with E-state index in [1.165, 1.54) is 11.4 Å². The average Bonchev–Trinajstić information content (AvgIpc) is 2.89. The van der Waals surface area contributed by atoms with Crippen LogP contribution in [0.2, 0.25) is 0 Å². The molecule has 0 amide bonds. The average molecular weight is 247 g/mol. The first-order valence-corrected chi connectivity index (χ1v) is 6.62. The molecule has 0 aromatic heterocycles. The van der Waals surface area contributed by atoms with Crippen molar-refractivity contribution in [1.82, 2.24) is 0 Å². The molecule has 1 atom stereocenters. The number of likely N-dealkylation sites (N-methyl/N-ethyl adjacent to an activating group) is 1. The lowest BCUT2D eigenvalue weighted by Gasteiger charge is -2.46. The van der Waals surface area contributed by atoms with Crippen LogP contribution >= 0.6 is 0 Å². The highest BCUT2D eigenvalue weighted by Gasteiger charge is 2.41. The van der Waals surface area contributed by atoms with Gasteiger partial charge < -0.3 is 20.3 Å². The van der Waals surface area contributed by atoms with Crippen molar-refractivity contribution in [2.75, 3.05) is 49.7 Å². The van der Waals surface area contributed by atoms with E-state index in [4.69, 9.17) is 10.5 Å². The number of nitrogens with two attached hydrogens (primary N) is 1. The zero-order valence-corrected chi connectivity index (χ0v) is 10.9.